The van der Waals surface area contributed by atoms with Crippen LogP contribution in [0.2, 0.25) is 0 Å². The van der Waals surface area contributed by atoms with Crippen molar-refractivity contribution >= 4 is 16.9 Å². The molecule has 2 heterocycles. The van der Waals surface area contributed by atoms with Crippen LogP contribution in [0.5, 0.6) is 0 Å². The van der Waals surface area contributed by atoms with Crippen LogP contribution in [-0.4, -0.2) is 25.4 Å². The molecule has 0 spiro atoms. The highest BCUT2D eigenvalue weighted by Crippen LogP contribution is 2.16. The fourth-order valence-corrected chi connectivity index (χ4v) is 2.56. The van der Waals surface area contributed by atoms with Gasteiger partial charge in [0.2, 0.25) is 0 Å². The van der Waals surface area contributed by atoms with E-state index in [0.29, 0.717) is 12.1 Å². The maximum atomic E-state index is 12.1. The van der Waals surface area contributed by atoms with E-state index in [-0.39, 0.29) is 5.91 Å². The molecule has 24 heavy (non-hydrogen) atoms. The molecule has 6 heteroatoms. The minimum Gasteiger partial charge on any atom is -0.345 e. The van der Waals surface area contributed by atoms with E-state index in [1.165, 1.54) is 0 Å². The van der Waals surface area contributed by atoms with E-state index in [4.69, 9.17) is 0 Å². The molecule has 2 N–H and O–H groups in total. The first-order chi connectivity index (χ1) is 11.8. The molecule has 0 saturated heterocycles. The molecule has 2 aromatic heterocycles. The summed E-state index contributed by atoms with van der Waals surface area (Å²) in [5, 5.41) is 2.87. The molecular weight excluding hydrogens is 302 g/mol. The third-order valence-corrected chi connectivity index (χ3v) is 3.77. The molecule has 0 aliphatic heterocycles. The summed E-state index contributed by atoms with van der Waals surface area (Å²) in [6.45, 7) is 0.350. The monoisotopic (exact) mass is 317 g/mol. The molecular formula is C18H15N5O. The maximum absolute atomic E-state index is 12.1. The zero-order chi connectivity index (χ0) is 16.4. The first-order valence-electron chi connectivity index (χ1n) is 7.60. The quantitative estimate of drug-likeness (QED) is 0.607. The van der Waals surface area contributed by atoms with Crippen molar-refractivity contribution < 1.29 is 4.79 Å². The molecule has 0 saturated carbocycles. The number of hydrogen-bond acceptors (Lipinski definition) is 3. The fourth-order valence-electron chi connectivity index (χ4n) is 2.56. The highest BCUT2D eigenvalue weighted by atomic mass is 16.1. The van der Waals surface area contributed by atoms with E-state index in [9.17, 15) is 4.79 Å². The van der Waals surface area contributed by atoms with Gasteiger partial charge in [0, 0.05) is 23.6 Å². The number of aromatic nitrogens is 4. The van der Waals surface area contributed by atoms with Crippen LogP contribution in [-0.2, 0) is 6.54 Å². The number of benzene rings is 2. The molecule has 2 aromatic carbocycles. The van der Waals surface area contributed by atoms with Gasteiger partial charge >= 0.3 is 0 Å². The first kappa shape index (κ1) is 14.2. The van der Waals surface area contributed by atoms with Gasteiger partial charge in [-0.3, -0.25) is 4.79 Å². The summed E-state index contributed by atoms with van der Waals surface area (Å²) in [7, 11) is 0. The Labute approximate surface area is 138 Å². The van der Waals surface area contributed by atoms with Gasteiger partial charge < -0.3 is 14.9 Å². The second-order valence-electron chi connectivity index (χ2n) is 5.40. The molecule has 118 valence electrons. The van der Waals surface area contributed by atoms with Crippen LogP contribution in [0.3, 0.4) is 0 Å². The van der Waals surface area contributed by atoms with Crippen molar-refractivity contribution in [3.05, 3.63) is 78.6 Å². The standard InChI is InChI=1S/C18H15N5O/c24-18(13-4-2-1-3-5-13)20-11-17-21-15-7-6-14(10-16(15)22-17)23-9-8-19-12-23/h1-10,12H,11H2,(H,20,24)(H,21,22). The molecule has 0 aliphatic rings. The normalized spacial score (nSPS) is 10.8. The van der Waals surface area contributed by atoms with Crippen LogP contribution < -0.4 is 5.32 Å². The van der Waals surface area contributed by atoms with Crippen molar-refractivity contribution in [3.8, 4) is 5.69 Å². The lowest BCUT2D eigenvalue weighted by atomic mass is 10.2. The lowest BCUT2D eigenvalue weighted by Crippen LogP contribution is -2.23. The SMILES string of the molecule is O=C(NCc1nc2ccc(-n3ccnc3)cc2[nH]1)c1ccccc1. The lowest BCUT2D eigenvalue weighted by molar-refractivity contribution is 0.0950. The van der Waals surface area contributed by atoms with Gasteiger partial charge in [-0.05, 0) is 30.3 Å². The summed E-state index contributed by atoms with van der Waals surface area (Å²) in [6, 6.07) is 15.1. The van der Waals surface area contributed by atoms with Crippen LogP contribution in [0, 0.1) is 0 Å². The largest absolute Gasteiger partial charge is 0.345 e. The van der Waals surface area contributed by atoms with Crippen LogP contribution in [0.1, 0.15) is 16.2 Å². The van der Waals surface area contributed by atoms with Gasteiger partial charge in [0.1, 0.15) is 5.82 Å². The molecule has 1 amide bonds. The van der Waals surface area contributed by atoms with E-state index < -0.39 is 0 Å². The van der Waals surface area contributed by atoms with E-state index in [2.05, 4.69) is 20.3 Å². The van der Waals surface area contributed by atoms with Gasteiger partial charge in [0.25, 0.3) is 5.91 Å². The predicted molar refractivity (Wildman–Crippen MR) is 90.8 cm³/mol. The summed E-state index contributed by atoms with van der Waals surface area (Å²) in [6.07, 6.45) is 5.37. The molecule has 0 radical (unpaired) electrons. The van der Waals surface area contributed by atoms with Crippen molar-refractivity contribution in [3.63, 3.8) is 0 Å². The number of carbonyl (C=O) groups is 1. The molecule has 0 unspecified atom stereocenters. The van der Waals surface area contributed by atoms with Gasteiger partial charge in [-0.1, -0.05) is 18.2 Å². The Hall–Kier alpha value is -3.41. The minimum absolute atomic E-state index is 0.116. The Morgan fingerprint density at radius 3 is 2.83 bits per heavy atom. The van der Waals surface area contributed by atoms with Crippen molar-refractivity contribution in [1.82, 2.24) is 24.8 Å². The third kappa shape index (κ3) is 2.77. The molecule has 4 aromatic rings. The average Bonchev–Trinajstić information content (AvgIpc) is 3.29. The Kier molecular flexibility index (Phi) is 3.55. The Bertz CT molecular complexity index is 973. The van der Waals surface area contributed by atoms with E-state index in [0.717, 1.165) is 22.5 Å². The van der Waals surface area contributed by atoms with Gasteiger partial charge in [0.15, 0.2) is 0 Å². The molecule has 0 aliphatic carbocycles. The molecule has 6 nitrogen and oxygen atoms in total. The number of hydrogen-bond donors (Lipinski definition) is 2. The number of nitrogens with zero attached hydrogens (tertiary/aromatic N) is 3. The number of H-pyrrole nitrogens is 1. The van der Waals surface area contributed by atoms with Crippen LogP contribution >= 0.6 is 0 Å². The second-order valence-corrected chi connectivity index (χ2v) is 5.40. The van der Waals surface area contributed by atoms with Crippen molar-refractivity contribution in [2.45, 2.75) is 6.54 Å². The van der Waals surface area contributed by atoms with Gasteiger partial charge in [-0.25, -0.2) is 9.97 Å². The van der Waals surface area contributed by atoms with Gasteiger partial charge in [0.05, 0.1) is 23.9 Å². The number of nitrogens with one attached hydrogen (secondary N) is 2. The Balaban J connectivity index is 1.52. The Morgan fingerprint density at radius 2 is 2.04 bits per heavy atom. The zero-order valence-electron chi connectivity index (χ0n) is 12.8. The number of carbonyl (C=O) groups excluding carboxylic acids is 1. The number of fused-ring (bicyclic) bond motifs is 1. The topological polar surface area (TPSA) is 75.6 Å². The van der Waals surface area contributed by atoms with Crippen molar-refractivity contribution in [1.29, 1.82) is 0 Å². The summed E-state index contributed by atoms with van der Waals surface area (Å²) < 4.78 is 1.93. The van der Waals surface area contributed by atoms with Crippen LogP contribution in [0.4, 0.5) is 0 Å². The predicted octanol–water partition coefficient (Wildman–Crippen LogP) is 2.68. The molecule has 4 rings (SSSR count). The summed E-state index contributed by atoms with van der Waals surface area (Å²) in [5.74, 6) is 0.604. The maximum Gasteiger partial charge on any atom is 0.251 e. The van der Waals surface area contributed by atoms with Crippen molar-refractivity contribution in [2.24, 2.45) is 0 Å². The number of imidazole rings is 2. The fraction of sp³-hybridized carbons (Fsp3) is 0.0556. The highest BCUT2D eigenvalue weighted by Gasteiger charge is 2.08. The van der Waals surface area contributed by atoms with E-state index >= 15 is 0 Å². The second kappa shape index (κ2) is 6.00. The first-order valence-corrected chi connectivity index (χ1v) is 7.60. The zero-order valence-corrected chi connectivity index (χ0v) is 12.8. The third-order valence-electron chi connectivity index (χ3n) is 3.77. The number of rotatable bonds is 4. The number of amides is 1. The smallest absolute Gasteiger partial charge is 0.251 e. The van der Waals surface area contributed by atoms with Crippen LogP contribution in [0.25, 0.3) is 16.7 Å². The molecule has 0 fully saturated rings. The van der Waals surface area contributed by atoms with E-state index in [1.807, 2.05) is 47.2 Å². The molecule has 0 bridgehead atoms. The van der Waals surface area contributed by atoms with E-state index in [1.54, 1.807) is 24.7 Å². The summed E-state index contributed by atoms with van der Waals surface area (Å²) >= 11 is 0. The number of aromatic amines is 1. The summed E-state index contributed by atoms with van der Waals surface area (Å²) in [4.78, 5) is 23.9. The van der Waals surface area contributed by atoms with Crippen LogP contribution in [0.15, 0.2) is 67.3 Å². The highest BCUT2D eigenvalue weighted by molar-refractivity contribution is 5.94. The van der Waals surface area contributed by atoms with Gasteiger partial charge in [-0.2, -0.15) is 0 Å². The van der Waals surface area contributed by atoms with Gasteiger partial charge in [-0.15, -0.1) is 0 Å². The lowest BCUT2D eigenvalue weighted by Gasteiger charge is -2.02. The summed E-state index contributed by atoms with van der Waals surface area (Å²) in [5.41, 5.74) is 3.42. The molecule has 0 atom stereocenters. The average molecular weight is 317 g/mol. The minimum atomic E-state index is -0.116. The Morgan fingerprint density at radius 1 is 1.17 bits per heavy atom. The van der Waals surface area contributed by atoms with Crippen molar-refractivity contribution in [2.75, 3.05) is 0 Å².